The SMILES string of the molecule is COc1ccc(CNC(=O)c2cc(Nc3ccccc3Cl)ncn2)cc1OC. The molecule has 0 aliphatic carbocycles. The molecule has 28 heavy (non-hydrogen) atoms. The highest BCUT2D eigenvalue weighted by Crippen LogP contribution is 2.27. The molecule has 8 heteroatoms. The first-order valence-corrected chi connectivity index (χ1v) is 8.81. The fourth-order valence-electron chi connectivity index (χ4n) is 2.51. The maximum Gasteiger partial charge on any atom is 0.270 e. The lowest BCUT2D eigenvalue weighted by Crippen LogP contribution is -2.24. The van der Waals surface area contributed by atoms with Crippen LogP contribution in [0.5, 0.6) is 11.5 Å². The number of benzene rings is 2. The van der Waals surface area contributed by atoms with Crippen LogP contribution in [-0.2, 0) is 6.54 Å². The summed E-state index contributed by atoms with van der Waals surface area (Å²) in [5.41, 5.74) is 1.80. The van der Waals surface area contributed by atoms with Gasteiger partial charge in [0.2, 0.25) is 0 Å². The maximum atomic E-state index is 12.5. The van der Waals surface area contributed by atoms with E-state index in [-0.39, 0.29) is 11.6 Å². The van der Waals surface area contributed by atoms with Crippen LogP contribution < -0.4 is 20.1 Å². The Bertz CT molecular complexity index is 981. The average molecular weight is 399 g/mol. The van der Waals surface area contributed by atoms with Gasteiger partial charge in [-0.15, -0.1) is 0 Å². The molecule has 0 aliphatic heterocycles. The average Bonchev–Trinajstić information content (AvgIpc) is 2.73. The van der Waals surface area contributed by atoms with Crippen LogP contribution in [0.25, 0.3) is 0 Å². The highest BCUT2D eigenvalue weighted by molar-refractivity contribution is 6.33. The van der Waals surface area contributed by atoms with Crippen molar-refractivity contribution < 1.29 is 14.3 Å². The first-order chi connectivity index (χ1) is 13.6. The van der Waals surface area contributed by atoms with Crippen LogP contribution >= 0.6 is 11.6 Å². The maximum absolute atomic E-state index is 12.5. The van der Waals surface area contributed by atoms with Gasteiger partial charge in [0.05, 0.1) is 24.9 Å². The van der Waals surface area contributed by atoms with Crippen LogP contribution in [-0.4, -0.2) is 30.1 Å². The first-order valence-electron chi connectivity index (χ1n) is 8.43. The summed E-state index contributed by atoms with van der Waals surface area (Å²) >= 11 is 6.14. The Morgan fingerprint density at radius 2 is 1.82 bits per heavy atom. The molecule has 1 amide bonds. The summed E-state index contributed by atoms with van der Waals surface area (Å²) in [5, 5.41) is 6.46. The van der Waals surface area contributed by atoms with Crippen LogP contribution in [0.15, 0.2) is 54.9 Å². The van der Waals surface area contributed by atoms with Gasteiger partial charge in [-0.1, -0.05) is 29.8 Å². The van der Waals surface area contributed by atoms with Crippen LogP contribution in [0.3, 0.4) is 0 Å². The molecule has 0 aliphatic rings. The Hall–Kier alpha value is -3.32. The van der Waals surface area contributed by atoms with E-state index >= 15 is 0 Å². The first kappa shape index (κ1) is 19.4. The number of ether oxygens (including phenoxy) is 2. The van der Waals surface area contributed by atoms with Crippen molar-refractivity contribution in [3.8, 4) is 11.5 Å². The number of amides is 1. The Morgan fingerprint density at radius 1 is 1.04 bits per heavy atom. The third-order valence-corrected chi connectivity index (χ3v) is 4.27. The third-order valence-electron chi connectivity index (χ3n) is 3.94. The van der Waals surface area contributed by atoms with Gasteiger partial charge in [0, 0.05) is 12.6 Å². The third kappa shape index (κ3) is 4.69. The Morgan fingerprint density at radius 3 is 2.57 bits per heavy atom. The number of aromatic nitrogens is 2. The second kappa shape index (κ2) is 9.05. The van der Waals surface area contributed by atoms with Crippen molar-refractivity contribution in [2.45, 2.75) is 6.54 Å². The van der Waals surface area contributed by atoms with E-state index in [1.165, 1.54) is 6.33 Å². The number of hydrogen-bond acceptors (Lipinski definition) is 6. The van der Waals surface area contributed by atoms with E-state index in [0.29, 0.717) is 34.6 Å². The van der Waals surface area contributed by atoms with Gasteiger partial charge >= 0.3 is 0 Å². The fourth-order valence-corrected chi connectivity index (χ4v) is 2.70. The van der Waals surface area contributed by atoms with Gasteiger partial charge in [-0.3, -0.25) is 4.79 Å². The van der Waals surface area contributed by atoms with Gasteiger partial charge in [0.15, 0.2) is 11.5 Å². The number of halogens is 1. The number of nitrogens with one attached hydrogen (secondary N) is 2. The molecule has 3 rings (SSSR count). The van der Waals surface area contributed by atoms with Crippen molar-refractivity contribution in [2.75, 3.05) is 19.5 Å². The predicted octanol–water partition coefficient (Wildman–Crippen LogP) is 3.82. The van der Waals surface area contributed by atoms with Crippen LogP contribution in [0.1, 0.15) is 16.1 Å². The second-order valence-electron chi connectivity index (χ2n) is 5.77. The number of carbonyl (C=O) groups is 1. The number of rotatable bonds is 7. The van der Waals surface area contributed by atoms with Gasteiger partial charge in [0.1, 0.15) is 17.8 Å². The fraction of sp³-hybridized carbons (Fsp3) is 0.150. The number of carbonyl (C=O) groups excluding carboxylic acids is 1. The summed E-state index contributed by atoms with van der Waals surface area (Å²) in [4.78, 5) is 20.6. The van der Waals surface area contributed by atoms with Crippen molar-refractivity contribution in [1.82, 2.24) is 15.3 Å². The van der Waals surface area contributed by atoms with Crippen molar-refractivity contribution in [2.24, 2.45) is 0 Å². The van der Waals surface area contributed by atoms with Crippen molar-refractivity contribution in [1.29, 1.82) is 0 Å². The minimum absolute atomic E-state index is 0.241. The number of nitrogens with zero attached hydrogens (tertiary/aromatic N) is 2. The smallest absolute Gasteiger partial charge is 0.270 e. The van der Waals surface area contributed by atoms with Crippen LogP contribution in [0.4, 0.5) is 11.5 Å². The van der Waals surface area contributed by atoms with Crippen molar-refractivity contribution in [3.05, 3.63) is 71.1 Å². The molecule has 0 atom stereocenters. The number of anilines is 2. The molecule has 2 aromatic carbocycles. The zero-order valence-corrected chi connectivity index (χ0v) is 16.2. The lowest BCUT2D eigenvalue weighted by atomic mass is 10.2. The summed E-state index contributed by atoms with van der Waals surface area (Å²) in [6, 6.07) is 14.3. The number of methoxy groups -OCH3 is 2. The van der Waals surface area contributed by atoms with Crippen molar-refractivity contribution in [3.63, 3.8) is 0 Å². The Kier molecular flexibility index (Phi) is 6.29. The standard InChI is InChI=1S/C20H19ClN4O3/c1-27-17-8-7-13(9-18(17)28-2)11-22-20(26)16-10-19(24-12-23-16)25-15-6-4-3-5-14(15)21/h3-10,12H,11H2,1-2H3,(H,22,26)(H,23,24,25). The number of hydrogen-bond donors (Lipinski definition) is 2. The molecule has 0 bridgehead atoms. The monoisotopic (exact) mass is 398 g/mol. The van der Waals surface area contributed by atoms with Crippen LogP contribution in [0, 0.1) is 0 Å². The second-order valence-corrected chi connectivity index (χ2v) is 6.17. The highest BCUT2D eigenvalue weighted by atomic mass is 35.5. The molecular formula is C20H19ClN4O3. The van der Waals surface area contributed by atoms with Gasteiger partial charge in [-0.05, 0) is 29.8 Å². The van der Waals surface area contributed by atoms with E-state index in [1.807, 2.05) is 30.3 Å². The molecule has 0 saturated heterocycles. The van der Waals surface area contributed by atoms with Gasteiger partial charge in [-0.25, -0.2) is 9.97 Å². The molecule has 2 N–H and O–H groups in total. The lowest BCUT2D eigenvalue weighted by molar-refractivity contribution is 0.0945. The van der Waals surface area contributed by atoms with E-state index in [9.17, 15) is 4.79 Å². The molecule has 0 spiro atoms. The molecule has 144 valence electrons. The summed E-state index contributed by atoms with van der Waals surface area (Å²) in [5.74, 6) is 1.38. The summed E-state index contributed by atoms with van der Waals surface area (Å²) in [6.45, 7) is 0.316. The molecule has 0 radical (unpaired) electrons. The van der Waals surface area contributed by atoms with E-state index in [2.05, 4.69) is 20.6 Å². The van der Waals surface area contributed by atoms with Gasteiger partial charge < -0.3 is 20.1 Å². The van der Waals surface area contributed by atoms with E-state index in [0.717, 1.165) is 5.56 Å². The molecule has 0 unspecified atom stereocenters. The summed E-state index contributed by atoms with van der Waals surface area (Å²) < 4.78 is 10.5. The van der Waals surface area contributed by atoms with E-state index in [4.69, 9.17) is 21.1 Å². The topological polar surface area (TPSA) is 85.4 Å². The number of para-hydroxylation sites is 1. The summed E-state index contributed by atoms with van der Waals surface area (Å²) in [6.07, 6.45) is 1.32. The van der Waals surface area contributed by atoms with Gasteiger partial charge in [0.25, 0.3) is 5.91 Å². The normalized spacial score (nSPS) is 10.2. The molecule has 0 saturated carbocycles. The zero-order valence-electron chi connectivity index (χ0n) is 15.4. The van der Waals surface area contributed by atoms with Crippen molar-refractivity contribution >= 4 is 29.0 Å². The molecule has 1 heterocycles. The van der Waals surface area contributed by atoms with Crippen LogP contribution in [0.2, 0.25) is 5.02 Å². The molecule has 7 nitrogen and oxygen atoms in total. The molecule has 3 aromatic rings. The Balaban J connectivity index is 1.67. The van der Waals surface area contributed by atoms with E-state index < -0.39 is 0 Å². The summed E-state index contributed by atoms with van der Waals surface area (Å²) in [7, 11) is 3.14. The zero-order chi connectivity index (χ0) is 19.9. The van der Waals surface area contributed by atoms with E-state index in [1.54, 1.807) is 32.4 Å². The molecule has 0 fully saturated rings. The quantitative estimate of drug-likeness (QED) is 0.629. The molecule has 1 aromatic heterocycles. The lowest BCUT2D eigenvalue weighted by Gasteiger charge is -2.11. The highest BCUT2D eigenvalue weighted by Gasteiger charge is 2.11. The minimum Gasteiger partial charge on any atom is -0.493 e. The predicted molar refractivity (Wildman–Crippen MR) is 107 cm³/mol. The largest absolute Gasteiger partial charge is 0.493 e. The minimum atomic E-state index is -0.320. The Labute approximate surface area is 167 Å². The molecular weight excluding hydrogens is 380 g/mol. The van der Waals surface area contributed by atoms with Gasteiger partial charge in [-0.2, -0.15) is 0 Å².